The SMILES string of the molecule is CCN1N=CN(C(Cl)(Cl)Cl)C1CC(C)C. The molecular formula is C9H16Cl3N3. The summed E-state index contributed by atoms with van der Waals surface area (Å²) in [7, 11) is 0. The van der Waals surface area contributed by atoms with Crippen molar-refractivity contribution in [1.82, 2.24) is 9.91 Å². The average Bonchev–Trinajstić information content (AvgIpc) is 2.45. The predicted octanol–water partition coefficient (Wildman–Crippen LogP) is 3.27. The van der Waals surface area contributed by atoms with Gasteiger partial charge in [-0.25, -0.2) is 0 Å². The molecule has 0 amide bonds. The lowest BCUT2D eigenvalue weighted by molar-refractivity contribution is 0.114. The second kappa shape index (κ2) is 4.98. The molecular weight excluding hydrogens is 256 g/mol. The average molecular weight is 273 g/mol. The second-order valence-corrected chi connectivity index (χ2v) is 6.19. The second-order valence-electron chi connectivity index (χ2n) is 3.97. The molecule has 0 saturated heterocycles. The van der Waals surface area contributed by atoms with Crippen LogP contribution in [0.25, 0.3) is 0 Å². The first-order valence-corrected chi connectivity index (χ1v) is 6.15. The fraction of sp³-hybridized carbons (Fsp3) is 0.889. The van der Waals surface area contributed by atoms with Crippen molar-refractivity contribution >= 4 is 41.1 Å². The molecule has 1 atom stereocenters. The van der Waals surface area contributed by atoms with E-state index in [1.165, 1.54) is 0 Å². The third-order valence-electron chi connectivity index (χ3n) is 2.29. The summed E-state index contributed by atoms with van der Waals surface area (Å²) in [5.41, 5.74) is 0. The van der Waals surface area contributed by atoms with Gasteiger partial charge >= 0.3 is 0 Å². The highest BCUT2D eigenvalue weighted by atomic mass is 35.6. The summed E-state index contributed by atoms with van der Waals surface area (Å²) in [6.07, 6.45) is 2.56. The monoisotopic (exact) mass is 271 g/mol. The van der Waals surface area contributed by atoms with Gasteiger partial charge in [0.2, 0.25) is 0 Å². The van der Waals surface area contributed by atoms with E-state index < -0.39 is 3.92 Å². The van der Waals surface area contributed by atoms with Crippen LogP contribution in [0.4, 0.5) is 0 Å². The first-order chi connectivity index (χ1) is 6.86. The molecule has 3 nitrogen and oxygen atoms in total. The van der Waals surface area contributed by atoms with E-state index in [0.29, 0.717) is 5.92 Å². The van der Waals surface area contributed by atoms with Gasteiger partial charge in [-0.05, 0) is 19.3 Å². The zero-order valence-electron chi connectivity index (χ0n) is 9.12. The quantitative estimate of drug-likeness (QED) is 0.580. The Balaban J connectivity index is 2.76. The van der Waals surface area contributed by atoms with Crippen LogP contribution in [0.2, 0.25) is 0 Å². The summed E-state index contributed by atoms with van der Waals surface area (Å²) in [6.45, 7) is 7.13. The number of hydrazone groups is 1. The molecule has 1 rings (SSSR count). The number of hydrogen-bond acceptors (Lipinski definition) is 3. The Kier molecular flexibility index (Phi) is 4.38. The van der Waals surface area contributed by atoms with E-state index >= 15 is 0 Å². The van der Waals surface area contributed by atoms with E-state index in [2.05, 4.69) is 18.9 Å². The summed E-state index contributed by atoms with van der Waals surface area (Å²) in [5, 5.41) is 6.15. The minimum Gasteiger partial charge on any atom is -0.295 e. The van der Waals surface area contributed by atoms with Gasteiger partial charge in [-0.2, -0.15) is 5.10 Å². The van der Waals surface area contributed by atoms with Crippen LogP contribution in [0.15, 0.2) is 5.10 Å². The largest absolute Gasteiger partial charge is 0.295 e. The van der Waals surface area contributed by atoms with E-state index in [9.17, 15) is 0 Å². The highest BCUT2D eigenvalue weighted by molar-refractivity contribution is 6.67. The van der Waals surface area contributed by atoms with Crippen LogP contribution in [0.3, 0.4) is 0 Å². The lowest BCUT2D eigenvalue weighted by Crippen LogP contribution is -2.46. The maximum Gasteiger partial charge on any atom is 0.270 e. The van der Waals surface area contributed by atoms with Gasteiger partial charge in [0.1, 0.15) is 12.5 Å². The zero-order chi connectivity index (χ0) is 11.6. The normalized spacial score (nSPS) is 21.9. The highest BCUT2D eigenvalue weighted by Crippen LogP contribution is 2.36. The lowest BCUT2D eigenvalue weighted by Gasteiger charge is -2.35. The van der Waals surface area contributed by atoms with Crippen molar-refractivity contribution in [3.05, 3.63) is 0 Å². The smallest absolute Gasteiger partial charge is 0.270 e. The van der Waals surface area contributed by atoms with Crippen LogP contribution in [0, 0.1) is 5.92 Å². The molecule has 0 aliphatic carbocycles. The van der Waals surface area contributed by atoms with Gasteiger partial charge in [0.15, 0.2) is 0 Å². The van der Waals surface area contributed by atoms with Crippen LogP contribution in [-0.2, 0) is 0 Å². The Labute approximate surface area is 106 Å². The molecule has 0 aromatic heterocycles. The van der Waals surface area contributed by atoms with Crippen LogP contribution < -0.4 is 0 Å². The number of alkyl halides is 3. The zero-order valence-corrected chi connectivity index (χ0v) is 11.4. The number of halogens is 3. The van der Waals surface area contributed by atoms with Crippen molar-refractivity contribution in [2.45, 2.75) is 37.3 Å². The maximum absolute atomic E-state index is 5.88. The number of nitrogens with zero attached hydrogens (tertiary/aromatic N) is 3. The topological polar surface area (TPSA) is 18.8 Å². The minimum atomic E-state index is -1.42. The molecule has 15 heavy (non-hydrogen) atoms. The molecule has 0 saturated carbocycles. The number of rotatable bonds is 3. The molecule has 0 fully saturated rings. The first-order valence-electron chi connectivity index (χ1n) is 5.02. The Morgan fingerprint density at radius 1 is 1.40 bits per heavy atom. The van der Waals surface area contributed by atoms with Gasteiger partial charge in [-0.3, -0.25) is 9.91 Å². The van der Waals surface area contributed by atoms with Gasteiger partial charge in [-0.15, -0.1) is 0 Å². The molecule has 0 aromatic carbocycles. The van der Waals surface area contributed by atoms with Gasteiger partial charge in [0.25, 0.3) is 3.92 Å². The molecule has 0 aromatic rings. The number of hydrogen-bond donors (Lipinski definition) is 0. The minimum absolute atomic E-state index is 0.0440. The molecule has 0 radical (unpaired) electrons. The van der Waals surface area contributed by atoms with Crippen LogP contribution in [0.1, 0.15) is 27.2 Å². The summed E-state index contributed by atoms with van der Waals surface area (Å²) in [5.74, 6) is 0.528. The third-order valence-corrected chi connectivity index (χ3v) is 2.87. The summed E-state index contributed by atoms with van der Waals surface area (Å²) >= 11 is 17.6. The summed E-state index contributed by atoms with van der Waals surface area (Å²) < 4.78 is -1.42. The molecule has 88 valence electrons. The molecule has 0 N–H and O–H groups in total. The highest BCUT2D eigenvalue weighted by Gasteiger charge is 2.39. The molecule has 0 spiro atoms. The van der Waals surface area contributed by atoms with E-state index in [0.717, 1.165) is 13.0 Å². The van der Waals surface area contributed by atoms with Gasteiger partial charge in [0.05, 0.1) is 0 Å². The van der Waals surface area contributed by atoms with Crippen molar-refractivity contribution in [1.29, 1.82) is 0 Å². The fourth-order valence-electron chi connectivity index (χ4n) is 1.60. The Morgan fingerprint density at radius 2 is 2.00 bits per heavy atom. The van der Waals surface area contributed by atoms with Crippen molar-refractivity contribution in [2.75, 3.05) is 6.54 Å². The van der Waals surface area contributed by atoms with Crippen molar-refractivity contribution in [3.8, 4) is 0 Å². The first kappa shape index (κ1) is 13.2. The molecule has 1 aliphatic rings. The van der Waals surface area contributed by atoms with E-state index in [-0.39, 0.29) is 6.17 Å². The van der Waals surface area contributed by atoms with Crippen LogP contribution in [-0.4, -0.2) is 32.9 Å². The molecule has 6 heteroatoms. The molecule has 1 heterocycles. The Morgan fingerprint density at radius 3 is 2.40 bits per heavy atom. The summed E-state index contributed by atoms with van der Waals surface area (Å²) in [4.78, 5) is 1.67. The van der Waals surface area contributed by atoms with Gasteiger partial charge in [-0.1, -0.05) is 48.7 Å². The molecule has 1 aliphatic heterocycles. The van der Waals surface area contributed by atoms with E-state index in [4.69, 9.17) is 34.8 Å². The predicted molar refractivity (Wildman–Crippen MR) is 66.2 cm³/mol. The third kappa shape index (κ3) is 3.30. The van der Waals surface area contributed by atoms with Gasteiger partial charge in [0, 0.05) is 6.54 Å². The fourth-order valence-corrected chi connectivity index (χ4v) is 2.07. The Bertz CT molecular complexity index is 237. The molecule has 0 bridgehead atoms. The van der Waals surface area contributed by atoms with Crippen LogP contribution >= 0.6 is 34.8 Å². The lowest BCUT2D eigenvalue weighted by atomic mass is 10.1. The molecule has 1 unspecified atom stereocenters. The maximum atomic E-state index is 5.88. The van der Waals surface area contributed by atoms with E-state index in [1.807, 2.05) is 11.9 Å². The van der Waals surface area contributed by atoms with E-state index in [1.54, 1.807) is 11.2 Å². The standard InChI is InChI=1S/C9H16Cl3N3/c1-4-15-8(5-7(2)3)14(6-13-15)9(10,11)12/h6-8H,4-5H2,1-3H3. The van der Waals surface area contributed by atoms with Crippen LogP contribution in [0.5, 0.6) is 0 Å². The summed E-state index contributed by atoms with van der Waals surface area (Å²) in [6, 6.07) is 0. The van der Waals surface area contributed by atoms with Crippen molar-refractivity contribution < 1.29 is 0 Å². The Hall–Kier alpha value is 0.140. The van der Waals surface area contributed by atoms with Crippen molar-refractivity contribution in [2.24, 2.45) is 11.0 Å². The van der Waals surface area contributed by atoms with Gasteiger partial charge < -0.3 is 0 Å². The van der Waals surface area contributed by atoms with Crippen molar-refractivity contribution in [3.63, 3.8) is 0 Å².